The lowest BCUT2D eigenvalue weighted by atomic mass is 10.00. The second kappa shape index (κ2) is 10.3. The van der Waals surface area contributed by atoms with Crippen molar-refractivity contribution in [2.24, 2.45) is 0 Å². The number of nitrogens with zero attached hydrogens (tertiary/aromatic N) is 2. The number of fused-ring (bicyclic) bond motifs is 4. The molecule has 206 valence electrons. The first-order chi connectivity index (χ1) is 18.9. The average molecular weight is 569 g/mol. The molecule has 1 aliphatic heterocycles. The first-order valence-electron chi connectivity index (χ1n) is 12.1. The molecule has 4 aromatic rings. The van der Waals surface area contributed by atoms with Gasteiger partial charge >= 0.3 is 6.18 Å². The Hall–Kier alpha value is -4.45. The van der Waals surface area contributed by atoms with E-state index in [1.165, 1.54) is 42.5 Å². The van der Waals surface area contributed by atoms with Crippen LogP contribution in [0, 0.1) is 13.8 Å². The molecule has 0 aliphatic carbocycles. The van der Waals surface area contributed by atoms with Gasteiger partial charge in [-0.2, -0.15) is 18.2 Å². The van der Waals surface area contributed by atoms with Crippen LogP contribution in [-0.2, 0) is 16.2 Å². The predicted molar refractivity (Wildman–Crippen MR) is 141 cm³/mol. The molecule has 0 radical (unpaired) electrons. The number of rotatable bonds is 2. The summed E-state index contributed by atoms with van der Waals surface area (Å²) < 4.78 is 74.4. The first-order valence-corrected chi connectivity index (χ1v) is 13.6. The summed E-state index contributed by atoms with van der Waals surface area (Å²) in [5.74, 6) is -0.911. The van der Waals surface area contributed by atoms with Gasteiger partial charge in [-0.15, -0.1) is 0 Å². The van der Waals surface area contributed by atoms with E-state index in [2.05, 4.69) is 20.0 Å². The van der Waals surface area contributed by atoms with Gasteiger partial charge in [-0.25, -0.2) is 18.1 Å². The Labute approximate surface area is 228 Å². The smallest absolute Gasteiger partial charge is 0.416 e. The molecule has 1 aromatic heterocycles. The Morgan fingerprint density at radius 3 is 2.27 bits per heavy atom. The highest BCUT2D eigenvalue weighted by atomic mass is 32.2. The molecular formula is C28H23F3N4O4S. The number of aryl methyl sites for hydroxylation is 2. The number of anilines is 1. The minimum atomic E-state index is -4.53. The largest absolute Gasteiger partial charge is 0.467 e. The number of hydrogen-bond acceptors (Lipinski definition) is 6. The maximum atomic E-state index is 13.2. The number of benzene rings is 3. The molecule has 2 N–H and O–H groups in total. The van der Waals surface area contributed by atoms with Gasteiger partial charge in [0.2, 0.25) is 11.8 Å². The minimum absolute atomic E-state index is 0.0459. The molecule has 1 aliphatic rings. The molecule has 0 spiro atoms. The summed E-state index contributed by atoms with van der Waals surface area (Å²) in [6.07, 6.45) is -5.50. The lowest BCUT2D eigenvalue weighted by Gasteiger charge is -2.21. The Balaban J connectivity index is 1.66. The lowest BCUT2D eigenvalue weighted by Crippen LogP contribution is -2.31. The number of halogens is 3. The summed E-state index contributed by atoms with van der Waals surface area (Å²) in [5.41, 5.74) is 2.42. The van der Waals surface area contributed by atoms with E-state index in [4.69, 9.17) is 4.74 Å². The van der Waals surface area contributed by atoms with Gasteiger partial charge in [-0.1, -0.05) is 36.4 Å². The van der Waals surface area contributed by atoms with Crippen molar-refractivity contribution in [3.8, 4) is 17.1 Å². The molecule has 1 atom stereocenters. The zero-order valence-corrected chi connectivity index (χ0v) is 22.1. The number of sulfonamides is 1. The summed E-state index contributed by atoms with van der Waals surface area (Å²) in [6.45, 7) is 3.61. The fourth-order valence-electron chi connectivity index (χ4n) is 4.41. The number of hydrogen-bond donors (Lipinski definition) is 2. The zero-order valence-electron chi connectivity index (χ0n) is 21.3. The third-order valence-electron chi connectivity index (χ3n) is 6.39. The van der Waals surface area contributed by atoms with Gasteiger partial charge < -0.3 is 10.1 Å². The fourth-order valence-corrected chi connectivity index (χ4v) is 5.40. The monoisotopic (exact) mass is 568 g/mol. The second-order valence-corrected chi connectivity index (χ2v) is 10.9. The highest BCUT2D eigenvalue weighted by Gasteiger charge is 2.31. The molecular weight excluding hydrogens is 545 g/mol. The second-order valence-electron chi connectivity index (χ2n) is 9.25. The van der Waals surface area contributed by atoms with Crippen LogP contribution < -0.4 is 14.8 Å². The van der Waals surface area contributed by atoms with Gasteiger partial charge in [0.1, 0.15) is 6.10 Å². The van der Waals surface area contributed by atoms with Gasteiger partial charge in [0.15, 0.2) is 0 Å². The minimum Gasteiger partial charge on any atom is -0.467 e. The number of carbonyl (C=O) groups excluding carboxylic acids is 1. The van der Waals surface area contributed by atoms with Crippen molar-refractivity contribution < 1.29 is 31.1 Å². The zero-order chi connectivity index (χ0) is 28.7. The molecule has 5 rings (SSSR count). The van der Waals surface area contributed by atoms with Crippen molar-refractivity contribution in [2.75, 3.05) is 11.3 Å². The van der Waals surface area contributed by atoms with Gasteiger partial charge in [0.25, 0.3) is 15.9 Å². The summed E-state index contributed by atoms with van der Waals surface area (Å²) in [5, 5.41) is 2.68. The Kier molecular flexibility index (Phi) is 6.96. The maximum absolute atomic E-state index is 13.2. The molecule has 2 heterocycles. The van der Waals surface area contributed by atoms with Crippen molar-refractivity contribution in [3.63, 3.8) is 0 Å². The van der Waals surface area contributed by atoms with E-state index in [0.29, 0.717) is 11.3 Å². The van der Waals surface area contributed by atoms with E-state index in [0.717, 1.165) is 28.8 Å². The third-order valence-corrected chi connectivity index (χ3v) is 7.72. The molecule has 0 unspecified atom stereocenters. The maximum Gasteiger partial charge on any atom is 0.416 e. The Bertz CT molecular complexity index is 1690. The SMILES string of the molecule is Cc1cccc(C)c1-c1cc2nc(n1)NS(=O)(=O)c1cccc(c1)C(=O)NC[C@@H](c1ccc(C(F)(F)F)cc1)O2. The van der Waals surface area contributed by atoms with Crippen LogP contribution in [0.5, 0.6) is 5.88 Å². The van der Waals surface area contributed by atoms with Crippen molar-refractivity contribution in [1.82, 2.24) is 15.3 Å². The van der Waals surface area contributed by atoms with E-state index in [9.17, 15) is 26.4 Å². The van der Waals surface area contributed by atoms with Gasteiger partial charge in [0, 0.05) is 17.2 Å². The van der Waals surface area contributed by atoms with E-state index in [-0.39, 0.29) is 28.8 Å². The van der Waals surface area contributed by atoms with Crippen LogP contribution >= 0.6 is 0 Å². The lowest BCUT2D eigenvalue weighted by molar-refractivity contribution is -0.137. The fraction of sp³-hybridized carbons (Fsp3) is 0.179. The molecule has 1 amide bonds. The molecule has 40 heavy (non-hydrogen) atoms. The van der Waals surface area contributed by atoms with Crippen LogP contribution in [-0.4, -0.2) is 30.8 Å². The number of alkyl halides is 3. The van der Waals surface area contributed by atoms with E-state index < -0.39 is 33.8 Å². The number of amides is 1. The quantitative estimate of drug-likeness (QED) is 0.333. The van der Waals surface area contributed by atoms with E-state index >= 15 is 0 Å². The summed E-state index contributed by atoms with van der Waals surface area (Å²) in [7, 11) is -4.20. The third kappa shape index (κ3) is 5.62. The van der Waals surface area contributed by atoms with Crippen LogP contribution in [0.25, 0.3) is 11.3 Å². The molecule has 0 saturated heterocycles. The number of ether oxygens (including phenoxy) is 1. The number of carbonyl (C=O) groups is 1. The normalized spacial score (nSPS) is 16.8. The number of aromatic nitrogens is 2. The van der Waals surface area contributed by atoms with Crippen molar-refractivity contribution in [1.29, 1.82) is 0 Å². The van der Waals surface area contributed by atoms with E-state index in [1.54, 1.807) is 0 Å². The standard InChI is InChI=1S/C28H23F3N4O4S/c1-16-5-3-6-17(2)25(16)22-14-24-34-27(33-22)35-40(37,38)21-8-4-7-19(13-21)26(36)32-15-23(39-24)18-9-11-20(12-10-18)28(29,30)31/h3-14,23H,15H2,1-2H3,(H,32,36)(H,33,34,35)/t23-/m0/s1. The van der Waals surface area contributed by atoms with E-state index in [1.807, 2.05) is 32.0 Å². The van der Waals surface area contributed by atoms with Crippen LogP contribution in [0.1, 0.15) is 38.7 Å². The first kappa shape index (κ1) is 27.1. The molecule has 4 bridgehead atoms. The van der Waals surface area contributed by atoms with Crippen LogP contribution in [0.4, 0.5) is 19.1 Å². The van der Waals surface area contributed by atoms with Crippen LogP contribution in [0.15, 0.2) is 77.7 Å². The molecule has 8 nitrogen and oxygen atoms in total. The Morgan fingerprint density at radius 2 is 1.60 bits per heavy atom. The molecule has 3 aromatic carbocycles. The Morgan fingerprint density at radius 1 is 0.925 bits per heavy atom. The topological polar surface area (TPSA) is 110 Å². The van der Waals surface area contributed by atoms with Crippen LogP contribution in [0.3, 0.4) is 0 Å². The summed E-state index contributed by atoms with van der Waals surface area (Å²) in [6, 6.07) is 16.9. The number of nitrogens with one attached hydrogen (secondary N) is 2. The molecule has 0 fully saturated rings. The predicted octanol–water partition coefficient (Wildman–Crippen LogP) is 5.44. The van der Waals surface area contributed by atoms with Crippen molar-refractivity contribution in [3.05, 3.63) is 101 Å². The summed E-state index contributed by atoms with van der Waals surface area (Å²) >= 11 is 0. The van der Waals surface area contributed by atoms with Crippen molar-refractivity contribution >= 4 is 21.9 Å². The molecule has 0 saturated carbocycles. The highest BCUT2D eigenvalue weighted by molar-refractivity contribution is 7.92. The van der Waals surface area contributed by atoms with Gasteiger partial charge in [-0.05, 0) is 60.9 Å². The average Bonchev–Trinajstić information content (AvgIpc) is 2.90. The van der Waals surface area contributed by atoms with Gasteiger partial charge in [-0.3, -0.25) is 4.79 Å². The highest BCUT2D eigenvalue weighted by Crippen LogP contribution is 2.33. The molecule has 12 heteroatoms. The summed E-state index contributed by atoms with van der Waals surface area (Å²) in [4.78, 5) is 21.4. The van der Waals surface area contributed by atoms with Crippen LogP contribution in [0.2, 0.25) is 0 Å². The van der Waals surface area contributed by atoms with Crippen molar-refractivity contribution in [2.45, 2.75) is 31.0 Å². The van der Waals surface area contributed by atoms with Gasteiger partial charge in [0.05, 0.1) is 22.7 Å².